The van der Waals surface area contributed by atoms with Crippen molar-refractivity contribution < 1.29 is 19.2 Å². The second-order valence-corrected chi connectivity index (χ2v) is 9.08. The van der Waals surface area contributed by atoms with Gasteiger partial charge in [-0.3, -0.25) is 29.0 Å². The molecule has 29 heavy (non-hydrogen) atoms. The standard InChI is InChI=1S/C23H22N2O4/c26-20-16-3-1-2-4-17(16)21(27)24(20)14-7-9-15(10-8-14)25-22(28)18-12-5-6-13(11-12)19(18)23(25)29/h1-2,7-10,12-13,16-19H,3-6,11H2. The van der Waals surface area contributed by atoms with Crippen molar-refractivity contribution in [2.24, 2.45) is 35.5 Å². The normalized spacial score (nSPS) is 37.7. The predicted octanol–water partition coefficient (Wildman–Crippen LogP) is 2.68. The third-order valence-electron chi connectivity index (χ3n) is 7.80. The molecule has 2 saturated heterocycles. The Balaban J connectivity index is 1.28. The van der Waals surface area contributed by atoms with Crippen LogP contribution in [0.4, 0.5) is 11.4 Å². The Morgan fingerprint density at radius 3 is 1.48 bits per heavy atom. The summed E-state index contributed by atoms with van der Waals surface area (Å²) in [4.78, 5) is 54.1. The van der Waals surface area contributed by atoms with Crippen molar-refractivity contribution in [3.8, 4) is 0 Å². The van der Waals surface area contributed by atoms with Crippen molar-refractivity contribution in [3.63, 3.8) is 0 Å². The third kappa shape index (κ3) is 2.17. The van der Waals surface area contributed by atoms with Crippen LogP contribution in [-0.4, -0.2) is 23.6 Å². The predicted molar refractivity (Wildman–Crippen MR) is 105 cm³/mol. The van der Waals surface area contributed by atoms with E-state index < -0.39 is 0 Å². The minimum Gasteiger partial charge on any atom is -0.274 e. The monoisotopic (exact) mass is 390 g/mol. The van der Waals surface area contributed by atoms with E-state index in [1.165, 1.54) is 9.80 Å². The average Bonchev–Trinajstić information content (AvgIpc) is 3.47. The molecule has 2 saturated carbocycles. The van der Waals surface area contributed by atoms with Crippen LogP contribution in [0.2, 0.25) is 0 Å². The van der Waals surface area contributed by atoms with Crippen LogP contribution in [0.3, 0.4) is 0 Å². The number of nitrogens with zero attached hydrogens (tertiary/aromatic N) is 2. The van der Waals surface area contributed by atoms with E-state index in [0.29, 0.717) is 36.1 Å². The number of carbonyl (C=O) groups excluding carboxylic acids is 4. The van der Waals surface area contributed by atoms with Crippen LogP contribution in [0.1, 0.15) is 32.1 Å². The topological polar surface area (TPSA) is 74.8 Å². The smallest absolute Gasteiger partial charge is 0.238 e. The zero-order chi connectivity index (χ0) is 19.9. The van der Waals surface area contributed by atoms with Gasteiger partial charge in [0.05, 0.1) is 35.0 Å². The maximum atomic E-state index is 13.0. The molecule has 0 N–H and O–H groups in total. The highest BCUT2D eigenvalue weighted by Gasteiger charge is 2.61. The van der Waals surface area contributed by atoms with Crippen molar-refractivity contribution in [1.29, 1.82) is 0 Å². The Hall–Kier alpha value is -2.76. The molecule has 1 aromatic carbocycles. The first-order chi connectivity index (χ1) is 14.1. The van der Waals surface area contributed by atoms with Crippen LogP contribution < -0.4 is 9.80 Å². The zero-order valence-electron chi connectivity index (χ0n) is 16.0. The first-order valence-electron chi connectivity index (χ1n) is 10.6. The number of carbonyl (C=O) groups is 4. The summed E-state index contributed by atoms with van der Waals surface area (Å²) in [5.74, 6) is -0.627. The molecule has 0 spiro atoms. The highest BCUT2D eigenvalue weighted by atomic mass is 16.2. The Labute approximate surface area is 168 Å². The molecule has 1 aromatic rings. The van der Waals surface area contributed by atoms with Gasteiger partial charge in [0, 0.05) is 0 Å². The number of allylic oxidation sites excluding steroid dienone is 2. The molecule has 5 aliphatic rings. The van der Waals surface area contributed by atoms with Crippen molar-refractivity contribution in [2.75, 3.05) is 9.80 Å². The number of fused-ring (bicyclic) bond motifs is 6. The van der Waals surface area contributed by atoms with Crippen LogP contribution in [0.25, 0.3) is 0 Å². The van der Waals surface area contributed by atoms with Crippen LogP contribution in [0.5, 0.6) is 0 Å². The zero-order valence-corrected chi connectivity index (χ0v) is 16.0. The summed E-state index contributed by atoms with van der Waals surface area (Å²) in [6.07, 6.45) is 8.25. The summed E-state index contributed by atoms with van der Waals surface area (Å²) in [5.41, 5.74) is 1.05. The molecule has 0 radical (unpaired) electrons. The van der Waals surface area contributed by atoms with E-state index in [2.05, 4.69) is 0 Å². The van der Waals surface area contributed by atoms with Crippen LogP contribution >= 0.6 is 0 Å². The highest BCUT2D eigenvalue weighted by molar-refractivity contribution is 6.24. The largest absolute Gasteiger partial charge is 0.274 e. The lowest BCUT2D eigenvalue weighted by molar-refractivity contribution is -0.124. The van der Waals surface area contributed by atoms with E-state index in [4.69, 9.17) is 0 Å². The van der Waals surface area contributed by atoms with Crippen molar-refractivity contribution in [2.45, 2.75) is 32.1 Å². The molecule has 0 aromatic heterocycles. The Kier molecular flexibility index (Phi) is 3.47. The number of anilines is 2. The first-order valence-corrected chi connectivity index (χ1v) is 10.6. The molecule has 6 nitrogen and oxygen atoms in total. The lowest BCUT2D eigenvalue weighted by Crippen LogP contribution is -2.33. The SMILES string of the molecule is O=C1C2CC=CCC2C(=O)N1c1ccc(N2C(=O)C3C4CCC(C4)C3C2=O)cc1. The molecule has 2 bridgehead atoms. The first kappa shape index (κ1) is 17.1. The van der Waals surface area contributed by atoms with E-state index in [9.17, 15) is 19.2 Å². The van der Waals surface area contributed by atoms with Gasteiger partial charge >= 0.3 is 0 Å². The number of imide groups is 2. The molecule has 6 rings (SSSR count). The number of amides is 4. The quantitative estimate of drug-likeness (QED) is 0.575. The summed E-state index contributed by atoms with van der Waals surface area (Å²) in [6.45, 7) is 0. The second kappa shape index (κ2) is 5.88. The number of benzene rings is 1. The Bertz CT molecular complexity index is 927. The summed E-state index contributed by atoms with van der Waals surface area (Å²) in [5, 5.41) is 0. The van der Waals surface area contributed by atoms with Crippen LogP contribution in [0, 0.1) is 35.5 Å². The van der Waals surface area contributed by atoms with Gasteiger partial charge in [0.15, 0.2) is 0 Å². The van der Waals surface area contributed by atoms with Gasteiger partial charge in [-0.25, -0.2) is 0 Å². The summed E-state index contributed by atoms with van der Waals surface area (Å²) >= 11 is 0. The molecule has 4 amide bonds. The summed E-state index contributed by atoms with van der Waals surface area (Å²) in [7, 11) is 0. The van der Waals surface area contributed by atoms with E-state index in [0.717, 1.165) is 19.3 Å². The number of hydrogen-bond acceptors (Lipinski definition) is 4. The van der Waals surface area contributed by atoms with Crippen molar-refractivity contribution in [1.82, 2.24) is 0 Å². The highest BCUT2D eigenvalue weighted by Crippen LogP contribution is 2.56. The second-order valence-electron chi connectivity index (χ2n) is 9.08. The van der Waals surface area contributed by atoms with Crippen LogP contribution in [-0.2, 0) is 19.2 Å². The minimum atomic E-state index is -0.274. The molecule has 6 unspecified atom stereocenters. The maximum Gasteiger partial charge on any atom is 0.238 e. The fourth-order valence-electron chi connectivity index (χ4n) is 6.47. The molecule has 2 heterocycles. The van der Waals surface area contributed by atoms with Gasteiger partial charge in [0.25, 0.3) is 0 Å². The average molecular weight is 390 g/mol. The molecule has 2 aliphatic heterocycles. The number of hydrogen-bond donors (Lipinski definition) is 0. The Morgan fingerprint density at radius 2 is 1.03 bits per heavy atom. The lowest BCUT2D eigenvalue weighted by Gasteiger charge is -2.19. The van der Waals surface area contributed by atoms with Gasteiger partial charge in [0.2, 0.25) is 23.6 Å². The molecule has 6 atom stereocenters. The molecule has 148 valence electrons. The van der Waals surface area contributed by atoms with E-state index in [1.807, 2.05) is 12.2 Å². The third-order valence-corrected chi connectivity index (χ3v) is 7.80. The minimum absolute atomic E-state index is 0.0784. The van der Waals surface area contributed by atoms with Gasteiger partial charge < -0.3 is 0 Å². The molecular formula is C23H22N2O4. The molecule has 6 heteroatoms. The molecular weight excluding hydrogens is 368 g/mol. The summed E-state index contributed by atoms with van der Waals surface area (Å²) in [6, 6.07) is 6.74. The van der Waals surface area contributed by atoms with Gasteiger partial charge in [-0.1, -0.05) is 12.2 Å². The van der Waals surface area contributed by atoms with Gasteiger partial charge in [-0.2, -0.15) is 0 Å². The van der Waals surface area contributed by atoms with Gasteiger partial charge in [-0.05, 0) is 68.2 Å². The van der Waals surface area contributed by atoms with Gasteiger partial charge in [-0.15, -0.1) is 0 Å². The van der Waals surface area contributed by atoms with Crippen LogP contribution in [0.15, 0.2) is 36.4 Å². The summed E-state index contributed by atoms with van der Waals surface area (Å²) < 4.78 is 0. The molecule has 4 fully saturated rings. The van der Waals surface area contributed by atoms with Gasteiger partial charge in [0.1, 0.15) is 0 Å². The number of rotatable bonds is 2. The van der Waals surface area contributed by atoms with Crippen molar-refractivity contribution >= 4 is 35.0 Å². The van der Waals surface area contributed by atoms with E-state index >= 15 is 0 Å². The Morgan fingerprint density at radius 1 is 0.621 bits per heavy atom. The van der Waals surface area contributed by atoms with E-state index in [-0.39, 0.29) is 47.3 Å². The van der Waals surface area contributed by atoms with E-state index in [1.54, 1.807) is 24.3 Å². The fourth-order valence-corrected chi connectivity index (χ4v) is 6.47. The van der Waals surface area contributed by atoms with Crippen molar-refractivity contribution in [3.05, 3.63) is 36.4 Å². The molecule has 3 aliphatic carbocycles. The maximum absolute atomic E-state index is 13.0. The lowest BCUT2D eigenvalue weighted by atomic mass is 9.81. The fraction of sp³-hybridized carbons (Fsp3) is 0.478.